The second kappa shape index (κ2) is 12.6. The smallest absolute Gasteiger partial charge is 0.253 e. The Morgan fingerprint density at radius 2 is 1.70 bits per heavy atom. The first-order valence-electron chi connectivity index (χ1n) is 11.8. The SMILES string of the molecule is CCNC(=NCc1ccc(C(=O)N2CCCCC2)cc1)NCCc1cccc(C(=O)NC)c1. The molecule has 176 valence electrons. The molecule has 1 fully saturated rings. The molecule has 3 rings (SSSR count). The Bertz CT molecular complexity index is 949. The lowest BCUT2D eigenvalue weighted by molar-refractivity contribution is 0.0724. The molecule has 1 aliphatic rings. The molecule has 2 amide bonds. The highest BCUT2D eigenvalue weighted by Gasteiger charge is 2.17. The van der Waals surface area contributed by atoms with Crippen molar-refractivity contribution in [3.8, 4) is 0 Å². The lowest BCUT2D eigenvalue weighted by Gasteiger charge is -2.26. The molecule has 1 aliphatic heterocycles. The molecule has 0 aliphatic carbocycles. The van der Waals surface area contributed by atoms with Crippen molar-refractivity contribution in [3.05, 3.63) is 70.8 Å². The fourth-order valence-electron chi connectivity index (χ4n) is 3.88. The topological polar surface area (TPSA) is 85.8 Å². The first kappa shape index (κ1) is 24.3. The molecule has 0 radical (unpaired) electrons. The standard InChI is InChI=1S/C26H35N5O2/c1-3-28-26(29-15-14-20-8-7-9-23(18-20)24(32)27-2)30-19-21-10-12-22(13-11-21)25(33)31-16-5-4-6-17-31/h7-13,18H,3-6,14-17,19H2,1-2H3,(H,27,32)(H2,28,29,30). The molecule has 3 N–H and O–H groups in total. The van der Waals surface area contributed by atoms with Gasteiger partial charge in [0.05, 0.1) is 6.54 Å². The van der Waals surface area contributed by atoms with Gasteiger partial charge < -0.3 is 20.9 Å². The number of aliphatic imine (C=N–C) groups is 1. The predicted octanol–water partition coefficient (Wildman–Crippen LogP) is 2.97. The Balaban J connectivity index is 1.53. The van der Waals surface area contributed by atoms with Gasteiger partial charge in [0.1, 0.15) is 0 Å². The van der Waals surface area contributed by atoms with Crippen LogP contribution in [0.4, 0.5) is 0 Å². The van der Waals surface area contributed by atoms with Gasteiger partial charge in [0.2, 0.25) is 0 Å². The maximum Gasteiger partial charge on any atom is 0.253 e. The van der Waals surface area contributed by atoms with Crippen molar-refractivity contribution in [2.24, 2.45) is 4.99 Å². The molecule has 7 heteroatoms. The molecule has 0 unspecified atom stereocenters. The van der Waals surface area contributed by atoms with Gasteiger partial charge >= 0.3 is 0 Å². The molecule has 33 heavy (non-hydrogen) atoms. The predicted molar refractivity (Wildman–Crippen MR) is 133 cm³/mol. The average molecular weight is 450 g/mol. The van der Waals surface area contributed by atoms with Gasteiger partial charge in [0, 0.05) is 44.4 Å². The number of nitrogens with zero attached hydrogens (tertiary/aromatic N) is 2. The van der Waals surface area contributed by atoms with Crippen molar-refractivity contribution in [2.45, 2.75) is 39.2 Å². The van der Waals surface area contributed by atoms with Gasteiger partial charge in [-0.15, -0.1) is 0 Å². The van der Waals surface area contributed by atoms with Crippen LogP contribution in [0.5, 0.6) is 0 Å². The number of carbonyl (C=O) groups excluding carboxylic acids is 2. The largest absolute Gasteiger partial charge is 0.357 e. The normalized spacial score (nSPS) is 14.0. The Kier molecular flexibility index (Phi) is 9.30. The summed E-state index contributed by atoms with van der Waals surface area (Å²) in [7, 11) is 1.63. The van der Waals surface area contributed by atoms with Crippen LogP contribution in [0.1, 0.15) is 58.0 Å². The van der Waals surface area contributed by atoms with Gasteiger partial charge in [-0.05, 0) is 68.0 Å². The van der Waals surface area contributed by atoms with E-state index in [4.69, 9.17) is 0 Å². The lowest BCUT2D eigenvalue weighted by Crippen LogP contribution is -2.38. The highest BCUT2D eigenvalue weighted by molar-refractivity contribution is 5.94. The molecule has 2 aromatic carbocycles. The zero-order valence-electron chi connectivity index (χ0n) is 19.7. The van der Waals surface area contributed by atoms with E-state index in [0.717, 1.165) is 61.5 Å². The number of hydrogen-bond donors (Lipinski definition) is 3. The summed E-state index contributed by atoms with van der Waals surface area (Å²) in [5, 5.41) is 9.27. The van der Waals surface area contributed by atoms with Crippen LogP contribution in [-0.2, 0) is 13.0 Å². The van der Waals surface area contributed by atoms with Crippen molar-refractivity contribution >= 4 is 17.8 Å². The van der Waals surface area contributed by atoms with E-state index in [1.807, 2.05) is 60.4 Å². The van der Waals surface area contributed by atoms with Gasteiger partial charge in [-0.25, -0.2) is 4.99 Å². The van der Waals surface area contributed by atoms with Crippen molar-refractivity contribution < 1.29 is 9.59 Å². The van der Waals surface area contributed by atoms with Crippen molar-refractivity contribution in [1.29, 1.82) is 0 Å². The third-order valence-electron chi connectivity index (χ3n) is 5.73. The van der Waals surface area contributed by atoms with Crippen LogP contribution < -0.4 is 16.0 Å². The third kappa shape index (κ3) is 7.34. The minimum absolute atomic E-state index is 0.0802. The van der Waals surface area contributed by atoms with Gasteiger partial charge in [-0.3, -0.25) is 9.59 Å². The quantitative estimate of drug-likeness (QED) is 0.427. The minimum Gasteiger partial charge on any atom is -0.357 e. The summed E-state index contributed by atoms with van der Waals surface area (Å²) in [6, 6.07) is 15.4. The van der Waals surface area contributed by atoms with E-state index >= 15 is 0 Å². The molecule has 0 spiro atoms. The molecule has 1 heterocycles. The number of amides is 2. The summed E-state index contributed by atoms with van der Waals surface area (Å²) in [6.45, 7) is 5.75. The zero-order valence-corrected chi connectivity index (χ0v) is 19.7. The van der Waals surface area contributed by atoms with Crippen LogP contribution in [0.15, 0.2) is 53.5 Å². The molecule has 0 aromatic heterocycles. The second-order valence-corrected chi connectivity index (χ2v) is 8.20. The van der Waals surface area contributed by atoms with Crippen molar-refractivity contribution in [2.75, 3.05) is 33.2 Å². The summed E-state index contributed by atoms with van der Waals surface area (Å²) in [5.41, 5.74) is 3.56. The number of hydrogen-bond acceptors (Lipinski definition) is 3. The van der Waals surface area contributed by atoms with Crippen LogP contribution in [0, 0.1) is 0 Å². The molecule has 0 saturated carbocycles. The number of benzene rings is 2. The summed E-state index contributed by atoms with van der Waals surface area (Å²) in [4.78, 5) is 31.1. The first-order valence-corrected chi connectivity index (χ1v) is 11.8. The molecule has 7 nitrogen and oxygen atoms in total. The number of rotatable bonds is 8. The second-order valence-electron chi connectivity index (χ2n) is 8.20. The van der Waals surface area contributed by atoms with E-state index in [2.05, 4.69) is 20.9 Å². The fourth-order valence-corrected chi connectivity index (χ4v) is 3.88. The Morgan fingerprint density at radius 3 is 2.39 bits per heavy atom. The molecule has 1 saturated heterocycles. The molecule has 0 bridgehead atoms. The highest BCUT2D eigenvalue weighted by Crippen LogP contribution is 2.14. The van der Waals surface area contributed by atoms with Crippen LogP contribution in [0.3, 0.4) is 0 Å². The monoisotopic (exact) mass is 449 g/mol. The Hall–Kier alpha value is -3.35. The number of nitrogens with one attached hydrogen (secondary N) is 3. The summed E-state index contributed by atoms with van der Waals surface area (Å²) >= 11 is 0. The van der Waals surface area contributed by atoms with E-state index in [1.54, 1.807) is 7.05 Å². The molecule has 2 aromatic rings. The summed E-state index contributed by atoms with van der Waals surface area (Å²) in [6.07, 6.45) is 4.18. The van der Waals surface area contributed by atoms with Crippen LogP contribution in [0.25, 0.3) is 0 Å². The maximum absolute atomic E-state index is 12.6. The van der Waals surface area contributed by atoms with E-state index in [1.165, 1.54) is 6.42 Å². The number of carbonyl (C=O) groups is 2. The van der Waals surface area contributed by atoms with E-state index in [0.29, 0.717) is 18.7 Å². The van der Waals surface area contributed by atoms with E-state index < -0.39 is 0 Å². The lowest BCUT2D eigenvalue weighted by atomic mass is 10.1. The Morgan fingerprint density at radius 1 is 0.939 bits per heavy atom. The van der Waals surface area contributed by atoms with E-state index in [-0.39, 0.29) is 11.8 Å². The van der Waals surface area contributed by atoms with Gasteiger partial charge in [-0.1, -0.05) is 24.3 Å². The van der Waals surface area contributed by atoms with E-state index in [9.17, 15) is 9.59 Å². The zero-order chi connectivity index (χ0) is 23.5. The van der Waals surface area contributed by atoms with Gasteiger partial charge in [0.15, 0.2) is 5.96 Å². The first-order chi connectivity index (χ1) is 16.1. The molecule has 0 atom stereocenters. The van der Waals surface area contributed by atoms with Crippen molar-refractivity contribution in [1.82, 2.24) is 20.9 Å². The van der Waals surface area contributed by atoms with Crippen LogP contribution in [-0.4, -0.2) is 55.9 Å². The van der Waals surface area contributed by atoms with Crippen LogP contribution >= 0.6 is 0 Å². The fraction of sp³-hybridized carbons (Fsp3) is 0.423. The third-order valence-corrected chi connectivity index (χ3v) is 5.73. The Labute approximate surface area is 196 Å². The van der Waals surface area contributed by atoms with Gasteiger partial charge in [-0.2, -0.15) is 0 Å². The highest BCUT2D eigenvalue weighted by atomic mass is 16.2. The molecular weight excluding hydrogens is 414 g/mol. The van der Waals surface area contributed by atoms with Gasteiger partial charge in [0.25, 0.3) is 11.8 Å². The van der Waals surface area contributed by atoms with Crippen LogP contribution in [0.2, 0.25) is 0 Å². The number of likely N-dealkylation sites (tertiary alicyclic amines) is 1. The van der Waals surface area contributed by atoms with Crippen molar-refractivity contribution in [3.63, 3.8) is 0 Å². The summed E-state index contributed by atoms with van der Waals surface area (Å²) in [5.74, 6) is 0.789. The number of guanidine groups is 1. The number of piperidine rings is 1. The maximum atomic E-state index is 12.6. The average Bonchev–Trinajstić information content (AvgIpc) is 2.87. The summed E-state index contributed by atoms with van der Waals surface area (Å²) < 4.78 is 0. The molecular formula is C26H35N5O2. The minimum atomic E-state index is -0.0802.